The maximum absolute atomic E-state index is 13.8. The van der Waals surface area contributed by atoms with Crippen LogP contribution in [-0.4, -0.2) is 59.1 Å². The number of aryl methyl sites for hydroxylation is 1. The van der Waals surface area contributed by atoms with Crippen LogP contribution in [0.5, 0.6) is 34.5 Å². The van der Waals surface area contributed by atoms with Crippen LogP contribution in [0.4, 0.5) is 0 Å². The molecule has 6 aromatic carbocycles. The monoisotopic (exact) mass is 923 g/mol. The smallest absolute Gasteiger partial charge is 0.206 e. The van der Waals surface area contributed by atoms with Crippen molar-refractivity contribution in [2.24, 2.45) is 0 Å². The van der Waals surface area contributed by atoms with Crippen LogP contribution in [0.1, 0.15) is 67.5 Å². The van der Waals surface area contributed by atoms with E-state index in [1.54, 1.807) is 76.1 Å². The van der Waals surface area contributed by atoms with Gasteiger partial charge in [-0.25, -0.2) is 13.4 Å². The molecule has 1 heterocycles. The van der Waals surface area contributed by atoms with E-state index in [1.807, 2.05) is 55.0 Å². The number of aromatic nitrogens is 2. The zero-order valence-electron chi connectivity index (χ0n) is 39.5. The van der Waals surface area contributed by atoms with Crippen molar-refractivity contribution in [3.8, 4) is 34.5 Å². The Labute approximate surface area is 395 Å². The van der Waals surface area contributed by atoms with E-state index in [4.69, 9.17) is 28.4 Å². The minimum absolute atomic E-state index is 0.147. The van der Waals surface area contributed by atoms with Crippen LogP contribution in [0.15, 0.2) is 162 Å². The van der Waals surface area contributed by atoms with Crippen LogP contribution in [0, 0.1) is 0 Å². The SMILES string of the molecule is COCCOCc1cc(C(C)(C)c2ccc(OC)cc2)ccc1Oc1ccc(S(=O)(=O)c2ccc(Oc3ccc(C(C)(C)c4ccc(OC)c(CNCCCn5ccnc5)c4)cc3)cc2)cc1. The average Bonchev–Trinajstić information content (AvgIpc) is 3.87. The zero-order valence-corrected chi connectivity index (χ0v) is 40.3. The van der Waals surface area contributed by atoms with E-state index in [1.165, 1.54) is 5.56 Å². The van der Waals surface area contributed by atoms with Crippen molar-refractivity contribution < 1.29 is 36.8 Å². The summed E-state index contributed by atoms with van der Waals surface area (Å²) in [6, 6.07) is 41.4. The first kappa shape index (κ1) is 48.5. The molecule has 0 saturated carbocycles. The first-order valence-electron chi connectivity index (χ1n) is 22.4. The van der Waals surface area contributed by atoms with E-state index in [2.05, 4.69) is 85.0 Å². The minimum atomic E-state index is -3.83. The van der Waals surface area contributed by atoms with E-state index in [0.29, 0.717) is 49.4 Å². The molecule has 0 unspecified atom stereocenters. The second-order valence-electron chi connectivity index (χ2n) is 17.4. The number of rotatable bonds is 23. The van der Waals surface area contributed by atoms with E-state index < -0.39 is 9.84 Å². The van der Waals surface area contributed by atoms with Crippen molar-refractivity contribution in [3.63, 3.8) is 0 Å². The highest BCUT2D eigenvalue weighted by molar-refractivity contribution is 7.91. The van der Waals surface area contributed by atoms with E-state index in [9.17, 15) is 8.42 Å². The normalized spacial score (nSPS) is 11.9. The predicted octanol–water partition coefficient (Wildman–Crippen LogP) is 11.3. The average molecular weight is 924 g/mol. The van der Waals surface area contributed by atoms with Gasteiger partial charge in [0, 0.05) is 54.5 Å². The molecule has 0 fully saturated rings. The summed E-state index contributed by atoms with van der Waals surface area (Å²) in [6.45, 7) is 12.4. The molecule has 350 valence electrons. The van der Waals surface area contributed by atoms with Gasteiger partial charge in [-0.15, -0.1) is 0 Å². The van der Waals surface area contributed by atoms with Gasteiger partial charge in [0.1, 0.15) is 34.5 Å². The van der Waals surface area contributed by atoms with Crippen molar-refractivity contribution in [1.82, 2.24) is 14.9 Å². The van der Waals surface area contributed by atoms with Crippen molar-refractivity contribution in [1.29, 1.82) is 0 Å². The van der Waals surface area contributed by atoms with Gasteiger partial charge in [-0.2, -0.15) is 0 Å². The molecule has 0 saturated heterocycles. The number of hydrogen-bond acceptors (Lipinski definition) is 10. The molecule has 0 radical (unpaired) electrons. The van der Waals surface area contributed by atoms with Crippen LogP contribution in [0.2, 0.25) is 0 Å². The molecule has 0 atom stereocenters. The van der Waals surface area contributed by atoms with E-state index in [-0.39, 0.29) is 20.6 Å². The largest absolute Gasteiger partial charge is 0.497 e. The first-order chi connectivity index (χ1) is 32.3. The Morgan fingerprint density at radius 1 is 0.582 bits per heavy atom. The number of hydrogen-bond donors (Lipinski definition) is 1. The summed E-state index contributed by atoms with van der Waals surface area (Å²) in [5.74, 6) is 3.92. The lowest BCUT2D eigenvalue weighted by Crippen LogP contribution is -2.21. The summed E-state index contributed by atoms with van der Waals surface area (Å²) in [6.07, 6.45) is 6.60. The highest BCUT2D eigenvalue weighted by atomic mass is 32.2. The summed E-state index contributed by atoms with van der Waals surface area (Å²) in [5.41, 5.74) is 5.85. The van der Waals surface area contributed by atoms with Crippen LogP contribution in [0.25, 0.3) is 0 Å². The third-order valence-corrected chi connectivity index (χ3v) is 14.0. The predicted molar refractivity (Wildman–Crippen MR) is 262 cm³/mol. The summed E-state index contributed by atoms with van der Waals surface area (Å²) in [4.78, 5) is 4.41. The number of imidazole rings is 1. The zero-order chi connectivity index (χ0) is 47.4. The summed E-state index contributed by atoms with van der Waals surface area (Å²) < 4.78 is 64.4. The Bertz CT molecular complexity index is 2770. The molecule has 0 aliphatic heterocycles. The van der Waals surface area contributed by atoms with Gasteiger partial charge < -0.3 is 38.3 Å². The minimum Gasteiger partial charge on any atom is -0.497 e. The maximum atomic E-state index is 13.8. The first-order valence-corrected chi connectivity index (χ1v) is 23.9. The molecule has 0 amide bonds. The van der Waals surface area contributed by atoms with Gasteiger partial charge in [-0.3, -0.25) is 0 Å². The van der Waals surface area contributed by atoms with Gasteiger partial charge in [0.2, 0.25) is 9.84 Å². The third kappa shape index (κ3) is 11.9. The Morgan fingerprint density at radius 2 is 1.10 bits per heavy atom. The lowest BCUT2D eigenvalue weighted by molar-refractivity contribution is 0.0609. The maximum Gasteiger partial charge on any atom is 0.206 e. The van der Waals surface area contributed by atoms with Crippen molar-refractivity contribution in [2.75, 3.05) is 41.1 Å². The van der Waals surface area contributed by atoms with Gasteiger partial charge in [0.25, 0.3) is 0 Å². The molecule has 0 aliphatic carbocycles. The number of sulfone groups is 1. The van der Waals surface area contributed by atoms with Crippen molar-refractivity contribution >= 4 is 9.84 Å². The molecule has 12 heteroatoms. The van der Waals surface area contributed by atoms with Gasteiger partial charge >= 0.3 is 0 Å². The molecule has 67 heavy (non-hydrogen) atoms. The highest BCUT2D eigenvalue weighted by Gasteiger charge is 2.26. The lowest BCUT2D eigenvalue weighted by Gasteiger charge is -2.27. The molecule has 7 aromatic rings. The molecule has 11 nitrogen and oxygen atoms in total. The number of nitrogens with zero attached hydrogens (tertiary/aromatic N) is 2. The lowest BCUT2D eigenvalue weighted by atomic mass is 9.77. The van der Waals surface area contributed by atoms with Gasteiger partial charge in [-0.1, -0.05) is 64.1 Å². The molecule has 0 spiro atoms. The van der Waals surface area contributed by atoms with Gasteiger partial charge in [0.05, 0.1) is 50.2 Å². The number of nitrogens with one attached hydrogen (secondary N) is 1. The van der Waals surface area contributed by atoms with Crippen molar-refractivity contribution in [2.45, 2.75) is 74.4 Å². The fourth-order valence-corrected chi connectivity index (χ4v) is 9.15. The second-order valence-corrected chi connectivity index (χ2v) is 19.3. The standard InChI is InChI=1S/C55H61N3O8S/c1-54(2,44-13-27-52(63-7)40(35-44)37-56-29-8-31-58-32-30-57-39-58)43-11-17-47(18-12-43)65-48-19-23-50(24-20-48)67(59,60)51-25-21-49(22-26-51)66-53-28-14-45(36-41(53)38-64-34-33-61-5)55(3,4)42-9-15-46(62-6)16-10-42/h9-28,30,32,35-36,39,56H,8,29,31,33-34,37-38H2,1-7H3. The summed E-state index contributed by atoms with van der Waals surface area (Å²) in [5, 5.41) is 3.56. The van der Waals surface area contributed by atoms with E-state index >= 15 is 0 Å². The molecular weight excluding hydrogens is 863 g/mol. The topological polar surface area (TPSA) is 119 Å². The molecule has 0 bridgehead atoms. The number of benzene rings is 6. The summed E-state index contributed by atoms with van der Waals surface area (Å²) >= 11 is 0. The Balaban J connectivity index is 0.979. The van der Waals surface area contributed by atoms with Crippen LogP contribution in [0.3, 0.4) is 0 Å². The van der Waals surface area contributed by atoms with Crippen LogP contribution >= 0.6 is 0 Å². The third-order valence-electron chi connectivity index (χ3n) is 12.2. The second kappa shape index (κ2) is 21.9. The van der Waals surface area contributed by atoms with E-state index in [0.717, 1.165) is 58.8 Å². The molecule has 7 rings (SSSR count). The molecular formula is C55H61N3O8S. The van der Waals surface area contributed by atoms with Crippen LogP contribution in [-0.2, 0) is 49.8 Å². The highest BCUT2D eigenvalue weighted by Crippen LogP contribution is 2.38. The number of methoxy groups -OCH3 is 3. The van der Waals surface area contributed by atoms with Crippen molar-refractivity contribution in [3.05, 3.63) is 186 Å². The summed E-state index contributed by atoms with van der Waals surface area (Å²) in [7, 11) is 1.16. The Hall–Kier alpha value is -6.44. The molecule has 1 aromatic heterocycles. The fourth-order valence-electron chi connectivity index (χ4n) is 7.89. The molecule has 1 N–H and O–H groups in total. The Kier molecular flexibility index (Phi) is 15.9. The Morgan fingerprint density at radius 3 is 1.64 bits per heavy atom. The van der Waals surface area contributed by atoms with Crippen LogP contribution < -0.4 is 24.3 Å². The number of ether oxygens (including phenoxy) is 6. The van der Waals surface area contributed by atoms with Gasteiger partial charge in [-0.05, 0) is 132 Å². The quantitative estimate of drug-likeness (QED) is 0.0621. The molecule has 0 aliphatic rings. The fraction of sp³-hybridized carbons (Fsp3) is 0.291. The van der Waals surface area contributed by atoms with Gasteiger partial charge in [0.15, 0.2) is 0 Å².